The minimum absolute atomic E-state index is 0.0262. The van der Waals surface area contributed by atoms with Crippen molar-refractivity contribution >= 4 is 11.6 Å². The van der Waals surface area contributed by atoms with Crippen molar-refractivity contribution in [1.29, 1.82) is 0 Å². The van der Waals surface area contributed by atoms with Crippen LogP contribution in [-0.4, -0.2) is 28.1 Å². The second kappa shape index (κ2) is 4.84. The van der Waals surface area contributed by atoms with E-state index in [1.165, 1.54) is 18.7 Å². The van der Waals surface area contributed by atoms with Crippen molar-refractivity contribution in [3.05, 3.63) is 18.7 Å². The summed E-state index contributed by atoms with van der Waals surface area (Å²) < 4.78 is 5.31. The number of carbonyl (C=O) groups is 1. The molecule has 0 saturated carbocycles. The zero-order valence-electron chi connectivity index (χ0n) is 9.15. The van der Waals surface area contributed by atoms with Crippen LogP contribution in [0, 0.1) is 0 Å². The number of nitrogens with zero attached hydrogens (tertiary/aromatic N) is 2. The standard InChI is InChI=1S/C10H15N3O2/c1-10(2,3)15-6-9(14)13-8-4-11-7-12-5-8/h4-5,7H,6H2,1-3H3,(H,13,14). The van der Waals surface area contributed by atoms with Gasteiger partial charge in [-0.1, -0.05) is 0 Å². The number of nitrogens with one attached hydrogen (secondary N) is 1. The van der Waals surface area contributed by atoms with Crippen molar-refractivity contribution in [2.75, 3.05) is 11.9 Å². The molecule has 1 aromatic rings. The van der Waals surface area contributed by atoms with Gasteiger partial charge in [-0.15, -0.1) is 0 Å². The zero-order chi connectivity index (χ0) is 11.3. The maximum absolute atomic E-state index is 11.4. The molecule has 0 saturated heterocycles. The van der Waals surface area contributed by atoms with E-state index in [1.54, 1.807) is 0 Å². The Morgan fingerprint density at radius 2 is 2.00 bits per heavy atom. The van der Waals surface area contributed by atoms with Gasteiger partial charge in [0.2, 0.25) is 5.91 Å². The number of carbonyl (C=O) groups excluding carboxylic acids is 1. The van der Waals surface area contributed by atoms with E-state index in [0.717, 1.165) is 0 Å². The van der Waals surface area contributed by atoms with Crippen LogP contribution in [0.25, 0.3) is 0 Å². The van der Waals surface area contributed by atoms with Gasteiger partial charge >= 0.3 is 0 Å². The topological polar surface area (TPSA) is 64.1 Å². The number of hydrogen-bond acceptors (Lipinski definition) is 4. The van der Waals surface area contributed by atoms with E-state index < -0.39 is 0 Å². The fraction of sp³-hybridized carbons (Fsp3) is 0.500. The highest BCUT2D eigenvalue weighted by molar-refractivity contribution is 5.91. The molecule has 0 fully saturated rings. The van der Waals surface area contributed by atoms with Crippen molar-refractivity contribution < 1.29 is 9.53 Å². The third kappa shape index (κ3) is 5.07. The van der Waals surface area contributed by atoms with Crippen molar-refractivity contribution in [3.63, 3.8) is 0 Å². The number of ether oxygens (including phenoxy) is 1. The molecule has 82 valence electrons. The summed E-state index contributed by atoms with van der Waals surface area (Å²) in [6.07, 6.45) is 4.46. The van der Waals surface area contributed by atoms with E-state index in [9.17, 15) is 4.79 Å². The van der Waals surface area contributed by atoms with Crippen LogP contribution in [0.15, 0.2) is 18.7 Å². The highest BCUT2D eigenvalue weighted by Crippen LogP contribution is 2.07. The summed E-state index contributed by atoms with van der Waals surface area (Å²) in [4.78, 5) is 18.9. The van der Waals surface area contributed by atoms with Crippen LogP contribution in [0.4, 0.5) is 5.69 Å². The fourth-order valence-corrected chi connectivity index (χ4v) is 0.843. The summed E-state index contributed by atoms with van der Waals surface area (Å²) >= 11 is 0. The largest absolute Gasteiger partial charge is 0.366 e. The normalized spacial score (nSPS) is 11.1. The van der Waals surface area contributed by atoms with Crippen LogP contribution >= 0.6 is 0 Å². The van der Waals surface area contributed by atoms with E-state index in [0.29, 0.717) is 5.69 Å². The minimum atomic E-state index is -0.315. The Kier molecular flexibility index (Phi) is 3.74. The zero-order valence-corrected chi connectivity index (χ0v) is 9.15. The van der Waals surface area contributed by atoms with E-state index >= 15 is 0 Å². The van der Waals surface area contributed by atoms with E-state index in [-0.39, 0.29) is 18.1 Å². The Morgan fingerprint density at radius 3 is 2.53 bits per heavy atom. The molecule has 0 aromatic carbocycles. The van der Waals surface area contributed by atoms with Gasteiger partial charge in [0.1, 0.15) is 12.9 Å². The van der Waals surface area contributed by atoms with Crippen LogP contribution in [0.1, 0.15) is 20.8 Å². The molecular formula is C10H15N3O2. The van der Waals surface area contributed by atoms with Crippen LogP contribution < -0.4 is 5.32 Å². The van der Waals surface area contributed by atoms with Gasteiger partial charge in [0.15, 0.2) is 0 Å². The highest BCUT2D eigenvalue weighted by atomic mass is 16.5. The van der Waals surface area contributed by atoms with Gasteiger partial charge in [-0.25, -0.2) is 9.97 Å². The Balaban J connectivity index is 2.38. The highest BCUT2D eigenvalue weighted by Gasteiger charge is 2.12. The number of amides is 1. The quantitative estimate of drug-likeness (QED) is 0.813. The second-order valence-electron chi connectivity index (χ2n) is 4.08. The van der Waals surface area contributed by atoms with Crippen LogP contribution in [-0.2, 0) is 9.53 Å². The average molecular weight is 209 g/mol. The molecule has 0 atom stereocenters. The third-order valence-corrected chi connectivity index (χ3v) is 1.48. The Morgan fingerprint density at radius 1 is 1.40 bits per heavy atom. The molecular weight excluding hydrogens is 194 g/mol. The first-order valence-corrected chi connectivity index (χ1v) is 4.66. The molecule has 0 bridgehead atoms. The molecule has 5 heteroatoms. The number of rotatable bonds is 3. The van der Waals surface area contributed by atoms with Gasteiger partial charge in [-0.3, -0.25) is 4.79 Å². The monoisotopic (exact) mass is 209 g/mol. The molecule has 0 aliphatic carbocycles. The van der Waals surface area contributed by atoms with Gasteiger partial charge < -0.3 is 10.1 Å². The molecule has 0 unspecified atom stereocenters. The summed E-state index contributed by atoms with van der Waals surface area (Å²) in [6, 6.07) is 0. The van der Waals surface area contributed by atoms with Crippen molar-refractivity contribution in [1.82, 2.24) is 9.97 Å². The molecule has 0 radical (unpaired) electrons. The van der Waals surface area contributed by atoms with Crippen LogP contribution in [0.2, 0.25) is 0 Å². The lowest BCUT2D eigenvalue weighted by Gasteiger charge is -2.18. The first-order valence-electron chi connectivity index (χ1n) is 4.66. The molecule has 0 aliphatic heterocycles. The summed E-state index contributed by atoms with van der Waals surface area (Å²) in [5.74, 6) is -0.209. The van der Waals surface area contributed by atoms with Crippen LogP contribution in [0.3, 0.4) is 0 Å². The SMILES string of the molecule is CC(C)(C)OCC(=O)Nc1cncnc1. The molecule has 1 N–H and O–H groups in total. The molecule has 1 heterocycles. The molecule has 15 heavy (non-hydrogen) atoms. The van der Waals surface area contributed by atoms with E-state index in [2.05, 4.69) is 15.3 Å². The van der Waals surface area contributed by atoms with Gasteiger partial charge in [0, 0.05) is 0 Å². The van der Waals surface area contributed by atoms with Crippen LogP contribution in [0.5, 0.6) is 0 Å². The number of anilines is 1. The fourth-order valence-electron chi connectivity index (χ4n) is 0.843. The molecule has 0 aliphatic rings. The minimum Gasteiger partial charge on any atom is -0.366 e. The molecule has 1 rings (SSSR count). The van der Waals surface area contributed by atoms with Crippen molar-refractivity contribution in [3.8, 4) is 0 Å². The summed E-state index contributed by atoms with van der Waals surface area (Å²) in [6.45, 7) is 5.71. The molecule has 1 aromatic heterocycles. The lowest BCUT2D eigenvalue weighted by Crippen LogP contribution is -2.27. The third-order valence-electron chi connectivity index (χ3n) is 1.48. The first kappa shape index (κ1) is 11.6. The van der Waals surface area contributed by atoms with Gasteiger partial charge in [0.05, 0.1) is 23.7 Å². The predicted octanol–water partition coefficient (Wildman–Crippen LogP) is 1.23. The van der Waals surface area contributed by atoms with Crippen molar-refractivity contribution in [2.45, 2.75) is 26.4 Å². The van der Waals surface area contributed by atoms with E-state index in [1.807, 2.05) is 20.8 Å². The average Bonchev–Trinajstić information content (AvgIpc) is 2.15. The van der Waals surface area contributed by atoms with Gasteiger partial charge in [-0.2, -0.15) is 0 Å². The number of aromatic nitrogens is 2. The Hall–Kier alpha value is -1.49. The Bertz CT molecular complexity index is 319. The lowest BCUT2D eigenvalue weighted by atomic mass is 10.2. The Labute approximate surface area is 88.9 Å². The summed E-state index contributed by atoms with van der Waals surface area (Å²) in [7, 11) is 0. The van der Waals surface area contributed by atoms with E-state index in [4.69, 9.17) is 4.74 Å². The summed E-state index contributed by atoms with van der Waals surface area (Å²) in [5, 5.41) is 2.63. The molecule has 5 nitrogen and oxygen atoms in total. The van der Waals surface area contributed by atoms with Gasteiger partial charge in [-0.05, 0) is 20.8 Å². The number of hydrogen-bond donors (Lipinski definition) is 1. The molecule has 0 spiro atoms. The first-order chi connectivity index (χ1) is 6.97. The lowest BCUT2D eigenvalue weighted by molar-refractivity contribution is -0.125. The van der Waals surface area contributed by atoms with Gasteiger partial charge in [0.25, 0.3) is 0 Å². The summed E-state index contributed by atoms with van der Waals surface area (Å²) in [5.41, 5.74) is 0.255. The second-order valence-corrected chi connectivity index (χ2v) is 4.08. The van der Waals surface area contributed by atoms with Crippen molar-refractivity contribution in [2.24, 2.45) is 0 Å². The maximum atomic E-state index is 11.4. The maximum Gasteiger partial charge on any atom is 0.250 e. The molecule has 1 amide bonds. The predicted molar refractivity (Wildman–Crippen MR) is 56.4 cm³/mol. The smallest absolute Gasteiger partial charge is 0.250 e.